The average Bonchev–Trinajstić information content (AvgIpc) is 3.01. The van der Waals surface area contributed by atoms with Crippen LogP contribution < -0.4 is 11.3 Å². The van der Waals surface area contributed by atoms with Crippen molar-refractivity contribution in [3.63, 3.8) is 0 Å². The fraction of sp³-hybridized carbons (Fsp3) is 0.615. The van der Waals surface area contributed by atoms with Crippen molar-refractivity contribution in [2.45, 2.75) is 44.8 Å². The molecule has 0 aromatic carbocycles. The Hall–Kier alpha value is -1.97. The Labute approximate surface area is 126 Å². The third-order valence-electron chi connectivity index (χ3n) is 3.57. The van der Waals surface area contributed by atoms with Crippen molar-refractivity contribution in [3.8, 4) is 0 Å². The molecule has 1 aliphatic heterocycles. The largest absolute Gasteiger partial charge is 0.394 e. The molecule has 3 atom stereocenters. The van der Waals surface area contributed by atoms with Gasteiger partial charge in [0.25, 0.3) is 5.56 Å². The molecule has 9 nitrogen and oxygen atoms in total. The van der Waals surface area contributed by atoms with Crippen molar-refractivity contribution in [2.24, 2.45) is 0 Å². The second kappa shape index (κ2) is 5.67. The molecule has 0 amide bonds. The van der Waals surface area contributed by atoms with E-state index in [1.807, 2.05) is 13.8 Å². The first-order valence-corrected chi connectivity index (χ1v) is 7.13. The van der Waals surface area contributed by atoms with Gasteiger partial charge < -0.3 is 20.3 Å². The summed E-state index contributed by atoms with van der Waals surface area (Å²) in [5.74, 6) is 0.0194. The lowest BCUT2D eigenvalue weighted by atomic mass is 10.2. The molecular weight excluding hydrogens is 290 g/mol. The number of ether oxygens (including phenoxy) is 2. The van der Waals surface area contributed by atoms with Crippen LogP contribution in [-0.4, -0.2) is 49.5 Å². The van der Waals surface area contributed by atoms with Crippen molar-refractivity contribution in [1.82, 2.24) is 19.5 Å². The molecule has 0 saturated carbocycles. The number of imidazole rings is 1. The van der Waals surface area contributed by atoms with E-state index in [0.29, 0.717) is 12.1 Å². The molecule has 9 heteroatoms. The van der Waals surface area contributed by atoms with Crippen LogP contribution in [0.3, 0.4) is 0 Å². The molecular formula is C13H19N5O4. The van der Waals surface area contributed by atoms with Crippen LogP contribution in [0.4, 0.5) is 5.95 Å². The first-order valence-electron chi connectivity index (χ1n) is 7.13. The Balaban J connectivity index is 1.93. The minimum absolute atomic E-state index is 0.0194. The number of nitrogens with one attached hydrogen (secondary N) is 1. The van der Waals surface area contributed by atoms with E-state index in [-0.39, 0.29) is 30.3 Å². The molecule has 3 rings (SSSR count). The number of aromatic amines is 1. The lowest BCUT2D eigenvalue weighted by Crippen LogP contribution is -2.29. The first kappa shape index (κ1) is 14.9. The number of anilines is 1. The van der Waals surface area contributed by atoms with Gasteiger partial charge in [-0.15, -0.1) is 0 Å². The third-order valence-corrected chi connectivity index (χ3v) is 3.57. The van der Waals surface area contributed by atoms with E-state index in [1.54, 1.807) is 4.57 Å². The van der Waals surface area contributed by atoms with Gasteiger partial charge in [-0.1, -0.05) is 0 Å². The second-order valence-corrected chi connectivity index (χ2v) is 5.55. The van der Waals surface area contributed by atoms with Crippen LogP contribution in [-0.2, 0) is 9.47 Å². The summed E-state index contributed by atoms with van der Waals surface area (Å²) in [6.07, 6.45) is 0.972. The summed E-state index contributed by atoms with van der Waals surface area (Å²) in [6, 6.07) is 0. The number of aromatic nitrogens is 4. The lowest BCUT2D eigenvalue weighted by molar-refractivity contribution is -0.0736. The zero-order chi connectivity index (χ0) is 15.9. The average molecular weight is 309 g/mol. The van der Waals surface area contributed by atoms with Crippen molar-refractivity contribution in [3.05, 3.63) is 16.7 Å². The number of hydrogen-bond acceptors (Lipinski definition) is 7. The summed E-state index contributed by atoms with van der Waals surface area (Å²) >= 11 is 0. The maximum Gasteiger partial charge on any atom is 0.280 e. The van der Waals surface area contributed by atoms with Crippen molar-refractivity contribution < 1.29 is 14.6 Å². The van der Waals surface area contributed by atoms with Gasteiger partial charge in [-0.3, -0.25) is 14.3 Å². The van der Waals surface area contributed by atoms with Gasteiger partial charge >= 0.3 is 0 Å². The van der Waals surface area contributed by atoms with Gasteiger partial charge in [0.05, 0.1) is 25.1 Å². The van der Waals surface area contributed by atoms with Crippen LogP contribution in [0.1, 0.15) is 26.5 Å². The van der Waals surface area contributed by atoms with E-state index in [2.05, 4.69) is 15.0 Å². The lowest BCUT2D eigenvalue weighted by Gasteiger charge is -2.18. The van der Waals surface area contributed by atoms with Crippen LogP contribution in [0, 0.1) is 0 Å². The molecule has 3 heterocycles. The molecule has 1 saturated heterocycles. The number of aliphatic hydroxyl groups excluding tert-OH is 1. The van der Waals surface area contributed by atoms with E-state index < -0.39 is 17.9 Å². The first-order chi connectivity index (χ1) is 10.5. The summed E-state index contributed by atoms with van der Waals surface area (Å²) < 4.78 is 13.2. The van der Waals surface area contributed by atoms with Gasteiger partial charge in [-0.2, -0.15) is 4.98 Å². The number of nitrogens with zero attached hydrogens (tertiary/aromatic N) is 3. The van der Waals surface area contributed by atoms with Crippen molar-refractivity contribution >= 4 is 17.1 Å². The van der Waals surface area contributed by atoms with Crippen LogP contribution in [0.25, 0.3) is 11.2 Å². The van der Waals surface area contributed by atoms with Gasteiger partial charge in [0.1, 0.15) is 12.3 Å². The highest BCUT2D eigenvalue weighted by molar-refractivity contribution is 5.70. The molecule has 0 bridgehead atoms. The standard InChI is InChI=1S/C13H19N5O4/c1-6(2)21-7-3-9(22-8(7)4-19)18-5-15-10-11(18)16-13(14)17-12(10)20/h5-9,19H,3-4H2,1-2H3,(H3,14,16,17,20)/t7-,8+,9+/m0/s1. The SMILES string of the molecule is CC(C)O[C@H]1C[C@H](n2cnc3c(=O)[nH]c(N)nc32)O[C@@H]1CO. The summed E-state index contributed by atoms with van der Waals surface area (Å²) in [5, 5.41) is 9.45. The number of H-pyrrole nitrogens is 1. The molecule has 0 radical (unpaired) electrons. The van der Waals surface area contributed by atoms with Crippen LogP contribution in [0.2, 0.25) is 0 Å². The molecule has 0 aliphatic carbocycles. The molecule has 2 aromatic rings. The fourth-order valence-corrected chi connectivity index (χ4v) is 2.68. The van der Waals surface area contributed by atoms with Gasteiger partial charge in [-0.05, 0) is 13.8 Å². The summed E-state index contributed by atoms with van der Waals surface area (Å²) in [5.41, 5.74) is 5.74. The molecule has 0 spiro atoms. The van der Waals surface area contributed by atoms with Crippen LogP contribution in [0.15, 0.2) is 11.1 Å². The predicted octanol–water partition coefficient (Wildman–Crippen LogP) is -0.225. The van der Waals surface area contributed by atoms with Gasteiger partial charge in [0.15, 0.2) is 11.2 Å². The number of nitrogen functional groups attached to an aromatic ring is 1. The number of hydrogen-bond donors (Lipinski definition) is 3. The van der Waals surface area contributed by atoms with E-state index in [4.69, 9.17) is 15.2 Å². The summed E-state index contributed by atoms with van der Waals surface area (Å²) in [4.78, 5) is 22.4. The summed E-state index contributed by atoms with van der Waals surface area (Å²) in [6.45, 7) is 3.71. The number of aliphatic hydroxyl groups is 1. The topological polar surface area (TPSA) is 128 Å². The highest BCUT2D eigenvalue weighted by Crippen LogP contribution is 2.32. The van der Waals surface area contributed by atoms with Gasteiger partial charge in [0, 0.05) is 6.42 Å². The predicted molar refractivity (Wildman–Crippen MR) is 78.2 cm³/mol. The Bertz CT molecular complexity index is 725. The Morgan fingerprint density at radius 3 is 3.09 bits per heavy atom. The number of fused-ring (bicyclic) bond motifs is 1. The van der Waals surface area contributed by atoms with Crippen molar-refractivity contribution in [2.75, 3.05) is 12.3 Å². The molecule has 120 valence electrons. The highest BCUT2D eigenvalue weighted by atomic mass is 16.6. The Kier molecular flexibility index (Phi) is 3.85. The Morgan fingerprint density at radius 1 is 1.64 bits per heavy atom. The zero-order valence-electron chi connectivity index (χ0n) is 12.4. The van der Waals surface area contributed by atoms with Gasteiger partial charge in [0.2, 0.25) is 5.95 Å². The van der Waals surface area contributed by atoms with E-state index in [0.717, 1.165) is 0 Å². The van der Waals surface area contributed by atoms with Crippen LogP contribution >= 0.6 is 0 Å². The maximum atomic E-state index is 11.8. The quantitative estimate of drug-likeness (QED) is 0.712. The molecule has 1 fully saturated rings. The Morgan fingerprint density at radius 2 is 2.41 bits per heavy atom. The number of rotatable bonds is 4. The number of nitrogens with two attached hydrogens (primary N) is 1. The molecule has 0 unspecified atom stereocenters. The van der Waals surface area contributed by atoms with Gasteiger partial charge in [-0.25, -0.2) is 4.98 Å². The molecule has 1 aliphatic rings. The monoisotopic (exact) mass is 309 g/mol. The summed E-state index contributed by atoms with van der Waals surface area (Å²) in [7, 11) is 0. The molecule has 22 heavy (non-hydrogen) atoms. The molecule has 4 N–H and O–H groups in total. The minimum atomic E-state index is -0.427. The van der Waals surface area contributed by atoms with Crippen molar-refractivity contribution in [1.29, 1.82) is 0 Å². The minimum Gasteiger partial charge on any atom is -0.394 e. The zero-order valence-corrected chi connectivity index (χ0v) is 12.4. The fourth-order valence-electron chi connectivity index (χ4n) is 2.68. The smallest absolute Gasteiger partial charge is 0.280 e. The van der Waals surface area contributed by atoms with E-state index >= 15 is 0 Å². The van der Waals surface area contributed by atoms with E-state index in [9.17, 15) is 9.90 Å². The third kappa shape index (κ3) is 2.58. The van der Waals surface area contributed by atoms with E-state index in [1.165, 1.54) is 6.33 Å². The second-order valence-electron chi connectivity index (χ2n) is 5.55. The maximum absolute atomic E-state index is 11.8. The normalized spacial score (nSPS) is 25.4. The molecule has 2 aromatic heterocycles. The highest BCUT2D eigenvalue weighted by Gasteiger charge is 2.37. The van der Waals surface area contributed by atoms with Crippen LogP contribution in [0.5, 0.6) is 0 Å².